The molecular formula is C23H15Br2N3O5. The van der Waals surface area contributed by atoms with Crippen molar-refractivity contribution in [3.63, 3.8) is 0 Å². The van der Waals surface area contributed by atoms with Crippen molar-refractivity contribution in [2.75, 3.05) is 0 Å². The van der Waals surface area contributed by atoms with Gasteiger partial charge in [0.2, 0.25) is 0 Å². The molecule has 0 saturated carbocycles. The second-order valence-corrected chi connectivity index (χ2v) is 8.72. The predicted octanol–water partition coefficient (Wildman–Crippen LogP) is 6.21. The van der Waals surface area contributed by atoms with Crippen LogP contribution in [-0.4, -0.2) is 17.0 Å². The molecular weight excluding hydrogens is 558 g/mol. The lowest BCUT2D eigenvalue weighted by atomic mass is 10.2. The van der Waals surface area contributed by atoms with Gasteiger partial charge < -0.3 is 9.15 Å². The standard InChI is InChI=1S/C23H15Br2N3O5/c24-17-4-8-21-15(9-17)11-22(33-21)23(29)27-26-12-16-10-18(25)3-7-20(16)32-13-14-1-5-19(6-2-14)28(30)31/h1-12H,13H2,(H,27,29)/b26-12+. The quantitative estimate of drug-likeness (QED) is 0.161. The van der Waals surface area contributed by atoms with Gasteiger partial charge in [-0.3, -0.25) is 14.9 Å². The average Bonchev–Trinajstić information content (AvgIpc) is 3.22. The Labute approximate surface area is 204 Å². The van der Waals surface area contributed by atoms with Crippen LogP contribution in [0.15, 0.2) is 85.2 Å². The molecule has 0 radical (unpaired) electrons. The summed E-state index contributed by atoms with van der Waals surface area (Å²) in [6.45, 7) is 0.210. The maximum absolute atomic E-state index is 12.4. The van der Waals surface area contributed by atoms with Crippen LogP contribution in [0, 0.1) is 10.1 Å². The van der Waals surface area contributed by atoms with Gasteiger partial charge >= 0.3 is 5.91 Å². The van der Waals surface area contributed by atoms with Gasteiger partial charge in [-0.2, -0.15) is 5.10 Å². The minimum Gasteiger partial charge on any atom is -0.488 e. The Kier molecular flexibility index (Phi) is 6.85. The lowest BCUT2D eigenvalue weighted by Gasteiger charge is -2.09. The van der Waals surface area contributed by atoms with Gasteiger partial charge in [-0.15, -0.1) is 0 Å². The predicted molar refractivity (Wildman–Crippen MR) is 131 cm³/mol. The average molecular weight is 573 g/mol. The highest BCUT2D eigenvalue weighted by molar-refractivity contribution is 9.10. The van der Waals surface area contributed by atoms with Crippen molar-refractivity contribution in [3.8, 4) is 5.75 Å². The molecule has 0 aliphatic rings. The van der Waals surface area contributed by atoms with Gasteiger partial charge in [0.25, 0.3) is 5.69 Å². The zero-order valence-corrected chi connectivity index (χ0v) is 20.0. The fraction of sp³-hybridized carbons (Fsp3) is 0.0435. The third kappa shape index (κ3) is 5.65. The number of amides is 1. The fourth-order valence-electron chi connectivity index (χ4n) is 2.97. The maximum atomic E-state index is 12.4. The van der Waals surface area contributed by atoms with E-state index in [4.69, 9.17) is 9.15 Å². The van der Waals surface area contributed by atoms with Crippen LogP contribution < -0.4 is 10.2 Å². The minimum atomic E-state index is -0.484. The number of ether oxygens (including phenoxy) is 1. The van der Waals surface area contributed by atoms with E-state index >= 15 is 0 Å². The molecule has 166 valence electrons. The van der Waals surface area contributed by atoms with Gasteiger partial charge in [-0.05, 0) is 60.2 Å². The fourth-order valence-corrected chi connectivity index (χ4v) is 3.73. The number of carbonyl (C=O) groups excluding carboxylic acids is 1. The monoisotopic (exact) mass is 571 g/mol. The number of carbonyl (C=O) groups is 1. The molecule has 0 saturated heterocycles. The van der Waals surface area contributed by atoms with E-state index in [1.807, 2.05) is 18.2 Å². The van der Waals surface area contributed by atoms with E-state index in [1.165, 1.54) is 18.3 Å². The van der Waals surface area contributed by atoms with Gasteiger partial charge in [0.1, 0.15) is 17.9 Å². The van der Waals surface area contributed by atoms with Crippen LogP contribution in [0.1, 0.15) is 21.7 Å². The molecule has 3 aromatic carbocycles. The molecule has 1 N–H and O–H groups in total. The van der Waals surface area contributed by atoms with Crippen LogP contribution >= 0.6 is 31.9 Å². The zero-order chi connectivity index (χ0) is 23.4. The number of nitro groups is 1. The van der Waals surface area contributed by atoms with E-state index in [0.29, 0.717) is 16.9 Å². The third-order valence-electron chi connectivity index (χ3n) is 4.59. The molecule has 0 unspecified atom stereocenters. The van der Waals surface area contributed by atoms with E-state index in [0.717, 1.165) is 19.9 Å². The van der Waals surface area contributed by atoms with Gasteiger partial charge in [-0.25, -0.2) is 5.43 Å². The number of rotatable bonds is 7. The lowest BCUT2D eigenvalue weighted by Crippen LogP contribution is -2.16. The first-order valence-electron chi connectivity index (χ1n) is 9.57. The number of furan rings is 1. The molecule has 8 nitrogen and oxygen atoms in total. The largest absolute Gasteiger partial charge is 0.488 e. The van der Waals surface area contributed by atoms with E-state index in [-0.39, 0.29) is 18.1 Å². The number of hydrogen-bond donors (Lipinski definition) is 1. The summed E-state index contributed by atoms with van der Waals surface area (Å²) in [5.41, 5.74) is 4.47. The summed E-state index contributed by atoms with van der Waals surface area (Å²) in [4.78, 5) is 22.7. The molecule has 0 spiro atoms. The molecule has 1 heterocycles. The van der Waals surface area contributed by atoms with E-state index in [1.54, 1.807) is 36.4 Å². The van der Waals surface area contributed by atoms with Crippen LogP contribution in [0.4, 0.5) is 5.69 Å². The molecule has 0 atom stereocenters. The second-order valence-electron chi connectivity index (χ2n) is 6.89. The molecule has 0 fully saturated rings. The number of halogens is 2. The first-order valence-corrected chi connectivity index (χ1v) is 11.2. The lowest BCUT2D eigenvalue weighted by molar-refractivity contribution is -0.384. The molecule has 10 heteroatoms. The van der Waals surface area contributed by atoms with Crippen LogP contribution in [0.2, 0.25) is 0 Å². The molecule has 33 heavy (non-hydrogen) atoms. The number of nitrogens with zero attached hydrogens (tertiary/aromatic N) is 2. The summed E-state index contributed by atoms with van der Waals surface area (Å²) in [5.74, 6) is 0.189. The Morgan fingerprint density at radius 3 is 2.55 bits per heavy atom. The van der Waals surface area contributed by atoms with Gasteiger partial charge in [0.15, 0.2) is 5.76 Å². The summed E-state index contributed by atoms with van der Waals surface area (Å²) in [7, 11) is 0. The second kappa shape index (κ2) is 9.97. The Morgan fingerprint density at radius 2 is 1.79 bits per heavy atom. The van der Waals surface area contributed by atoms with Crippen LogP contribution in [-0.2, 0) is 6.61 Å². The maximum Gasteiger partial charge on any atom is 0.307 e. The highest BCUT2D eigenvalue weighted by Gasteiger charge is 2.12. The number of hydrogen-bond acceptors (Lipinski definition) is 6. The van der Waals surface area contributed by atoms with Gasteiger partial charge in [0.05, 0.1) is 11.1 Å². The Balaban J connectivity index is 1.44. The van der Waals surface area contributed by atoms with Crippen molar-refractivity contribution in [1.82, 2.24) is 5.43 Å². The molecule has 1 amide bonds. The zero-order valence-electron chi connectivity index (χ0n) is 16.8. The number of nitro benzene ring substituents is 1. The van der Waals surface area contributed by atoms with Gasteiger partial charge in [0, 0.05) is 32.0 Å². The Hall–Kier alpha value is -3.50. The molecule has 0 aliphatic heterocycles. The van der Waals surface area contributed by atoms with Crippen molar-refractivity contribution in [3.05, 3.63) is 103 Å². The molecule has 0 bridgehead atoms. The third-order valence-corrected chi connectivity index (χ3v) is 5.57. The van der Waals surface area contributed by atoms with Crippen LogP contribution in [0.5, 0.6) is 5.75 Å². The highest BCUT2D eigenvalue weighted by atomic mass is 79.9. The smallest absolute Gasteiger partial charge is 0.307 e. The number of benzene rings is 3. The summed E-state index contributed by atoms with van der Waals surface area (Å²) >= 11 is 6.80. The summed E-state index contributed by atoms with van der Waals surface area (Å²) < 4.78 is 13.1. The molecule has 1 aromatic heterocycles. The summed E-state index contributed by atoms with van der Waals surface area (Å²) in [6.07, 6.45) is 1.47. The van der Waals surface area contributed by atoms with Crippen LogP contribution in [0.3, 0.4) is 0 Å². The number of hydrazone groups is 1. The molecule has 4 aromatic rings. The Morgan fingerprint density at radius 1 is 1.06 bits per heavy atom. The van der Waals surface area contributed by atoms with E-state index in [2.05, 4.69) is 42.4 Å². The van der Waals surface area contributed by atoms with E-state index in [9.17, 15) is 14.9 Å². The molecule has 0 aliphatic carbocycles. The normalized spacial score (nSPS) is 11.1. The highest BCUT2D eigenvalue weighted by Crippen LogP contribution is 2.24. The summed E-state index contributed by atoms with van der Waals surface area (Å²) in [6, 6.07) is 18.6. The Bertz CT molecular complexity index is 1370. The summed E-state index contributed by atoms with van der Waals surface area (Å²) in [5, 5.41) is 15.6. The topological polar surface area (TPSA) is 107 Å². The van der Waals surface area contributed by atoms with Crippen molar-refractivity contribution >= 4 is 60.6 Å². The molecule has 4 rings (SSSR count). The van der Waals surface area contributed by atoms with Crippen molar-refractivity contribution in [2.24, 2.45) is 5.10 Å². The van der Waals surface area contributed by atoms with E-state index < -0.39 is 10.8 Å². The van der Waals surface area contributed by atoms with Crippen LogP contribution in [0.25, 0.3) is 11.0 Å². The van der Waals surface area contributed by atoms with Crippen molar-refractivity contribution < 1.29 is 18.9 Å². The SMILES string of the molecule is O=C(N/N=C/c1cc(Br)ccc1OCc1ccc([N+](=O)[O-])cc1)c1cc2cc(Br)ccc2o1. The first-order chi connectivity index (χ1) is 15.9. The number of non-ortho nitro benzene ring substituents is 1. The van der Waals surface area contributed by atoms with Gasteiger partial charge in [-0.1, -0.05) is 31.9 Å². The van der Waals surface area contributed by atoms with Crippen molar-refractivity contribution in [2.45, 2.75) is 6.61 Å². The number of fused-ring (bicyclic) bond motifs is 1. The van der Waals surface area contributed by atoms with Crippen molar-refractivity contribution in [1.29, 1.82) is 0 Å². The minimum absolute atomic E-state index is 0.0167. The number of nitrogens with one attached hydrogen (secondary N) is 1. The first kappa shape index (κ1) is 22.7.